The zero-order chi connectivity index (χ0) is 49.3. The fourth-order valence-electron chi connectivity index (χ4n) is 13.5. The number of para-hydroxylation sites is 2. The second-order valence-corrected chi connectivity index (χ2v) is 21.4. The van der Waals surface area contributed by atoms with E-state index < -0.39 is 10.8 Å². The Hall–Kier alpha value is -8.98. The van der Waals surface area contributed by atoms with Crippen molar-refractivity contribution in [3.8, 4) is 44.9 Å². The number of hydrogen-bond acceptors (Lipinski definition) is 2. The van der Waals surface area contributed by atoms with Gasteiger partial charge < -0.3 is 8.83 Å². The predicted octanol–water partition coefficient (Wildman–Crippen LogP) is 18.8. The topological polar surface area (TPSA) is 26.3 Å². The smallest absolute Gasteiger partial charge is 0.140 e. The molecule has 2 aliphatic rings. The highest BCUT2D eigenvalue weighted by Gasteiger charge is 2.51. The molecule has 13 aromatic rings. The van der Waals surface area contributed by atoms with Crippen molar-refractivity contribution >= 4 is 43.5 Å². The summed E-state index contributed by atoms with van der Waals surface area (Å²) in [6.45, 7) is 6.97. The summed E-state index contributed by atoms with van der Waals surface area (Å²) >= 11 is 0. The van der Waals surface area contributed by atoms with Gasteiger partial charge in [-0.1, -0.05) is 239 Å². The third-order valence-electron chi connectivity index (χ3n) is 16.6. The Morgan fingerprint density at radius 1 is 0.311 bits per heavy atom. The summed E-state index contributed by atoms with van der Waals surface area (Å²) < 4.78 is 13.9. The van der Waals surface area contributed by atoms with Crippen LogP contribution < -0.4 is 0 Å². The predicted molar refractivity (Wildman–Crippen MR) is 305 cm³/mol. The first-order valence-corrected chi connectivity index (χ1v) is 25.9. The molecule has 15 rings (SSSR count). The van der Waals surface area contributed by atoms with Crippen molar-refractivity contribution in [1.29, 1.82) is 0 Å². The zero-order valence-electron chi connectivity index (χ0n) is 41.5. The lowest BCUT2D eigenvalue weighted by atomic mass is 9.67. The Kier molecular flexibility index (Phi) is 9.09. The van der Waals surface area contributed by atoms with E-state index in [0.29, 0.717) is 0 Å². The van der Waals surface area contributed by atoms with Gasteiger partial charge in [-0.05, 0) is 118 Å². The maximum atomic E-state index is 6.97. The zero-order valence-corrected chi connectivity index (χ0v) is 41.5. The number of fused-ring (bicyclic) bond motifs is 12. The third kappa shape index (κ3) is 5.77. The van der Waals surface area contributed by atoms with Gasteiger partial charge in [0.25, 0.3) is 0 Å². The van der Waals surface area contributed by atoms with Crippen molar-refractivity contribution in [2.45, 2.75) is 37.0 Å². The fourth-order valence-corrected chi connectivity index (χ4v) is 13.5. The highest BCUT2D eigenvalue weighted by Crippen LogP contribution is 2.62. The molecular weight excluding hydrogens is 897 g/mol. The maximum Gasteiger partial charge on any atom is 0.140 e. The van der Waals surface area contributed by atoms with Crippen molar-refractivity contribution < 1.29 is 8.83 Å². The molecule has 2 aliphatic carbocycles. The van der Waals surface area contributed by atoms with E-state index in [9.17, 15) is 0 Å². The van der Waals surface area contributed by atoms with E-state index in [2.05, 4.69) is 269 Å². The molecule has 350 valence electrons. The van der Waals surface area contributed by atoms with Crippen LogP contribution in [0.15, 0.2) is 258 Å². The summed E-state index contributed by atoms with van der Waals surface area (Å²) in [6.07, 6.45) is 0. The molecule has 0 saturated heterocycles. The van der Waals surface area contributed by atoms with E-state index in [0.717, 1.165) is 44.6 Å². The van der Waals surface area contributed by atoms with Crippen molar-refractivity contribution in [1.82, 2.24) is 0 Å². The van der Waals surface area contributed by atoms with Crippen LogP contribution in [0.2, 0.25) is 0 Å². The molecule has 0 spiro atoms. The van der Waals surface area contributed by atoms with E-state index in [1.165, 1.54) is 93.9 Å². The first kappa shape index (κ1) is 42.7. The normalized spacial score (nSPS) is 14.1. The van der Waals surface area contributed by atoms with Crippen LogP contribution in [-0.4, -0.2) is 0 Å². The van der Waals surface area contributed by atoms with Gasteiger partial charge in [0.15, 0.2) is 0 Å². The second-order valence-electron chi connectivity index (χ2n) is 21.4. The average Bonchev–Trinajstić information content (AvgIpc) is 4.18. The molecular formula is C72H50O2. The Morgan fingerprint density at radius 3 is 1.07 bits per heavy atom. The average molecular weight is 947 g/mol. The van der Waals surface area contributed by atoms with Gasteiger partial charge in [-0.25, -0.2) is 0 Å². The lowest BCUT2D eigenvalue weighted by Gasteiger charge is -2.34. The van der Waals surface area contributed by atoms with Gasteiger partial charge >= 0.3 is 0 Å². The van der Waals surface area contributed by atoms with E-state index >= 15 is 0 Å². The summed E-state index contributed by atoms with van der Waals surface area (Å²) in [7, 11) is 0. The highest BCUT2D eigenvalue weighted by atomic mass is 16.3. The molecule has 0 radical (unpaired) electrons. The van der Waals surface area contributed by atoms with Crippen LogP contribution in [0, 0.1) is 0 Å². The fraction of sp³-hybridized carbons (Fsp3) is 0.0833. The van der Waals surface area contributed by atoms with Crippen LogP contribution in [0.25, 0.3) is 88.4 Å². The van der Waals surface area contributed by atoms with Gasteiger partial charge in [-0.2, -0.15) is 0 Å². The molecule has 11 aromatic carbocycles. The Balaban J connectivity index is 1.03. The van der Waals surface area contributed by atoms with Crippen LogP contribution in [0.4, 0.5) is 0 Å². The molecule has 2 heterocycles. The first-order valence-electron chi connectivity index (χ1n) is 25.9. The molecule has 0 bridgehead atoms. The largest absolute Gasteiger partial charge is 0.456 e. The summed E-state index contributed by atoms with van der Waals surface area (Å²) in [5.41, 5.74) is 18.4. The molecule has 0 unspecified atom stereocenters. The number of benzene rings is 11. The maximum absolute atomic E-state index is 6.97. The molecule has 2 heteroatoms. The lowest BCUT2D eigenvalue weighted by Crippen LogP contribution is -2.28. The minimum atomic E-state index is -0.648. The van der Waals surface area contributed by atoms with E-state index in [1.807, 2.05) is 0 Å². The van der Waals surface area contributed by atoms with Gasteiger partial charge in [0.1, 0.15) is 22.7 Å². The highest BCUT2D eigenvalue weighted by molar-refractivity contribution is 6.22. The van der Waals surface area contributed by atoms with Crippen molar-refractivity contribution in [3.05, 3.63) is 299 Å². The van der Waals surface area contributed by atoms with Gasteiger partial charge in [-0.15, -0.1) is 0 Å². The Labute approximate surface area is 430 Å². The molecule has 0 aliphatic heterocycles. The van der Waals surface area contributed by atoms with Crippen LogP contribution in [0.5, 0.6) is 0 Å². The van der Waals surface area contributed by atoms with Gasteiger partial charge in [-0.3, -0.25) is 0 Å². The second kappa shape index (κ2) is 15.8. The van der Waals surface area contributed by atoms with Gasteiger partial charge in [0.05, 0.1) is 10.8 Å². The van der Waals surface area contributed by atoms with Gasteiger partial charge in [0.2, 0.25) is 0 Å². The summed E-state index contributed by atoms with van der Waals surface area (Å²) in [5.74, 6) is 1.88. The van der Waals surface area contributed by atoms with Crippen LogP contribution in [0.1, 0.15) is 70.8 Å². The number of furan rings is 2. The van der Waals surface area contributed by atoms with Crippen molar-refractivity contribution in [2.75, 3.05) is 0 Å². The third-order valence-corrected chi connectivity index (χ3v) is 16.6. The minimum absolute atomic E-state index is 0.0957. The standard InChI is InChI=1S/C72H50O2/c1-70(2,3)51-38-41-54-59(44-51)65(46-37-40-56-61(43-46)72(49-26-12-6-13-27-49,50-28-14-7-15-29-50)67-58-33-19-21-35-63(58)74-69(56)67)53-31-17-16-30-52(53)64(54)45-36-39-55-60(42-45)71(47-22-8-4-9-23-47,48-24-10-5-11-25-48)66-57-32-18-20-34-62(57)73-68(55)66/h4-44H,1-3H3. The molecule has 0 N–H and O–H groups in total. The van der Waals surface area contributed by atoms with E-state index in [4.69, 9.17) is 8.83 Å². The molecule has 0 saturated carbocycles. The first-order chi connectivity index (χ1) is 36.3. The molecule has 0 atom stereocenters. The Morgan fingerprint density at radius 2 is 0.662 bits per heavy atom. The molecule has 2 aromatic heterocycles. The van der Waals surface area contributed by atoms with E-state index in [1.54, 1.807) is 0 Å². The Bertz CT molecular complexity index is 4300. The van der Waals surface area contributed by atoms with E-state index in [-0.39, 0.29) is 5.41 Å². The SMILES string of the molecule is CC(C)(C)c1ccc2c(-c3ccc4c(c3)C(c3ccccc3)(c3ccccc3)c3c-4oc4ccccc34)c3ccccc3c(-c3ccc4c(c3)C(c3ccccc3)(c3ccccc3)c3c-4oc4ccccc34)c2c1. The number of hydrogen-bond donors (Lipinski definition) is 0. The van der Waals surface area contributed by atoms with Crippen LogP contribution in [0.3, 0.4) is 0 Å². The molecule has 2 nitrogen and oxygen atoms in total. The summed E-state index contributed by atoms with van der Waals surface area (Å²) in [6, 6.07) is 92.1. The van der Waals surface area contributed by atoms with Crippen LogP contribution in [-0.2, 0) is 16.2 Å². The monoisotopic (exact) mass is 946 g/mol. The van der Waals surface area contributed by atoms with Crippen LogP contribution >= 0.6 is 0 Å². The number of rotatable bonds is 6. The summed E-state index contributed by atoms with van der Waals surface area (Å²) in [5, 5.41) is 7.13. The molecule has 0 amide bonds. The minimum Gasteiger partial charge on any atom is -0.456 e. The molecule has 0 fully saturated rings. The lowest BCUT2D eigenvalue weighted by molar-refractivity contribution is 0.591. The quantitative estimate of drug-likeness (QED) is 0.155. The van der Waals surface area contributed by atoms with Crippen molar-refractivity contribution in [3.63, 3.8) is 0 Å². The van der Waals surface area contributed by atoms with Gasteiger partial charge in [0, 0.05) is 33.0 Å². The molecule has 74 heavy (non-hydrogen) atoms. The summed E-state index contributed by atoms with van der Waals surface area (Å²) in [4.78, 5) is 0. The van der Waals surface area contributed by atoms with Crippen molar-refractivity contribution in [2.24, 2.45) is 0 Å².